The number of nitrogens with zero attached hydrogens (tertiary/aromatic N) is 1. The van der Waals surface area contributed by atoms with E-state index < -0.39 is 0 Å². The maximum Gasteiger partial charge on any atom is 0.0692 e. The Morgan fingerprint density at radius 1 is 1.06 bits per heavy atom. The summed E-state index contributed by atoms with van der Waals surface area (Å²) in [6.45, 7) is 4.58. The number of hydrogen-bond acceptors (Lipinski definition) is 2. The third-order valence-corrected chi connectivity index (χ3v) is 4.74. The summed E-state index contributed by atoms with van der Waals surface area (Å²) < 4.78 is 0. The number of aliphatic hydroxyl groups is 1. The molecule has 2 nitrogen and oxygen atoms in total. The van der Waals surface area contributed by atoms with Crippen molar-refractivity contribution in [3.8, 4) is 0 Å². The average molecular weight is 239 g/mol. The van der Waals surface area contributed by atoms with E-state index in [9.17, 15) is 5.11 Å². The SMILES string of the molecule is CCC(O)C1CCCCN1CC1CCCCC1. The van der Waals surface area contributed by atoms with E-state index in [1.165, 1.54) is 64.5 Å². The molecule has 0 spiro atoms. The second-order valence-electron chi connectivity index (χ2n) is 6.04. The van der Waals surface area contributed by atoms with Crippen LogP contribution in [0.5, 0.6) is 0 Å². The molecule has 1 saturated carbocycles. The summed E-state index contributed by atoms with van der Waals surface area (Å²) in [5, 5.41) is 10.1. The molecule has 1 saturated heterocycles. The Morgan fingerprint density at radius 2 is 1.76 bits per heavy atom. The molecular formula is C15H29NO. The van der Waals surface area contributed by atoms with Crippen molar-refractivity contribution < 1.29 is 5.11 Å². The van der Waals surface area contributed by atoms with Gasteiger partial charge in [0.05, 0.1) is 6.10 Å². The molecule has 2 unspecified atom stereocenters. The van der Waals surface area contributed by atoms with Crippen LogP contribution in [0.15, 0.2) is 0 Å². The van der Waals surface area contributed by atoms with E-state index in [0.29, 0.717) is 6.04 Å². The minimum absolute atomic E-state index is 0.0982. The molecule has 100 valence electrons. The highest BCUT2D eigenvalue weighted by Crippen LogP contribution is 2.28. The van der Waals surface area contributed by atoms with Crippen molar-refractivity contribution in [1.82, 2.24) is 4.90 Å². The van der Waals surface area contributed by atoms with Gasteiger partial charge in [0.25, 0.3) is 0 Å². The zero-order valence-electron chi connectivity index (χ0n) is 11.4. The molecule has 2 heteroatoms. The number of hydrogen-bond donors (Lipinski definition) is 1. The largest absolute Gasteiger partial charge is 0.392 e. The van der Waals surface area contributed by atoms with Gasteiger partial charge in [-0.1, -0.05) is 32.6 Å². The zero-order chi connectivity index (χ0) is 12.1. The van der Waals surface area contributed by atoms with Crippen LogP contribution in [0.25, 0.3) is 0 Å². The fourth-order valence-electron chi connectivity index (χ4n) is 3.65. The van der Waals surface area contributed by atoms with Crippen molar-refractivity contribution in [3.05, 3.63) is 0 Å². The molecular weight excluding hydrogens is 210 g/mol. The Hall–Kier alpha value is -0.0800. The van der Waals surface area contributed by atoms with Crippen molar-refractivity contribution in [1.29, 1.82) is 0 Å². The first kappa shape index (κ1) is 13.4. The summed E-state index contributed by atoms with van der Waals surface area (Å²) in [5.74, 6) is 0.911. The smallest absolute Gasteiger partial charge is 0.0692 e. The van der Waals surface area contributed by atoms with Crippen LogP contribution in [0.3, 0.4) is 0 Å². The minimum atomic E-state index is -0.0982. The van der Waals surface area contributed by atoms with Gasteiger partial charge >= 0.3 is 0 Å². The highest BCUT2D eigenvalue weighted by Gasteiger charge is 2.29. The van der Waals surface area contributed by atoms with Gasteiger partial charge in [0.15, 0.2) is 0 Å². The van der Waals surface area contributed by atoms with E-state index in [4.69, 9.17) is 0 Å². The van der Waals surface area contributed by atoms with Crippen LogP contribution >= 0.6 is 0 Å². The molecule has 0 radical (unpaired) electrons. The lowest BCUT2D eigenvalue weighted by Gasteiger charge is -2.40. The summed E-state index contributed by atoms with van der Waals surface area (Å²) in [6.07, 6.45) is 11.8. The number of likely N-dealkylation sites (tertiary alicyclic amines) is 1. The molecule has 17 heavy (non-hydrogen) atoms. The van der Waals surface area contributed by atoms with Crippen LogP contribution in [0.2, 0.25) is 0 Å². The van der Waals surface area contributed by atoms with Gasteiger partial charge in [-0.05, 0) is 44.6 Å². The average Bonchev–Trinajstić information content (AvgIpc) is 2.40. The molecule has 0 aromatic heterocycles. The van der Waals surface area contributed by atoms with Gasteiger partial charge in [0.1, 0.15) is 0 Å². The molecule has 0 aromatic carbocycles. The molecule has 2 fully saturated rings. The molecule has 1 heterocycles. The molecule has 2 atom stereocenters. The van der Waals surface area contributed by atoms with E-state index in [2.05, 4.69) is 11.8 Å². The van der Waals surface area contributed by atoms with E-state index >= 15 is 0 Å². The van der Waals surface area contributed by atoms with E-state index in [1.807, 2.05) is 0 Å². The van der Waals surface area contributed by atoms with E-state index in [-0.39, 0.29) is 6.10 Å². The van der Waals surface area contributed by atoms with Gasteiger partial charge in [-0.3, -0.25) is 4.90 Å². The molecule has 1 aliphatic heterocycles. The van der Waals surface area contributed by atoms with Gasteiger partial charge < -0.3 is 5.11 Å². The van der Waals surface area contributed by atoms with Crippen LogP contribution in [0.1, 0.15) is 64.7 Å². The second kappa shape index (κ2) is 6.75. The van der Waals surface area contributed by atoms with Crippen molar-refractivity contribution in [2.75, 3.05) is 13.1 Å². The van der Waals surface area contributed by atoms with Crippen molar-refractivity contribution in [2.24, 2.45) is 5.92 Å². The van der Waals surface area contributed by atoms with Crippen LogP contribution in [-0.4, -0.2) is 35.2 Å². The van der Waals surface area contributed by atoms with Crippen LogP contribution in [0.4, 0.5) is 0 Å². The zero-order valence-corrected chi connectivity index (χ0v) is 11.4. The quantitative estimate of drug-likeness (QED) is 0.814. The first-order valence-electron chi connectivity index (χ1n) is 7.73. The molecule has 0 amide bonds. The molecule has 0 aromatic rings. The third-order valence-electron chi connectivity index (χ3n) is 4.74. The number of piperidine rings is 1. The van der Waals surface area contributed by atoms with Crippen molar-refractivity contribution in [2.45, 2.75) is 76.9 Å². The Morgan fingerprint density at radius 3 is 2.47 bits per heavy atom. The highest BCUT2D eigenvalue weighted by atomic mass is 16.3. The molecule has 1 aliphatic carbocycles. The molecule has 1 N–H and O–H groups in total. The summed E-state index contributed by atoms with van der Waals surface area (Å²) in [4.78, 5) is 2.60. The van der Waals surface area contributed by atoms with Crippen molar-refractivity contribution >= 4 is 0 Å². The fourth-order valence-corrected chi connectivity index (χ4v) is 3.65. The Kier molecular flexibility index (Phi) is 5.30. The third kappa shape index (κ3) is 3.69. The highest BCUT2D eigenvalue weighted by molar-refractivity contribution is 4.84. The lowest BCUT2D eigenvalue weighted by Crippen LogP contribution is -2.48. The normalized spacial score (nSPS) is 30.4. The standard InChI is InChI=1S/C15H29NO/c1-2-15(17)14-10-6-7-11-16(14)12-13-8-4-3-5-9-13/h13-15,17H,2-12H2,1H3. The Balaban J connectivity index is 1.86. The van der Waals surface area contributed by atoms with E-state index in [1.54, 1.807) is 0 Å². The maximum atomic E-state index is 10.1. The van der Waals surface area contributed by atoms with Crippen LogP contribution in [0, 0.1) is 5.92 Å². The van der Waals surface area contributed by atoms with Crippen LogP contribution < -0.4 is 0 Å². The summed E-state index contributed by atoms with van der Waals surface area (Å²) >= 11 is 0. The Labute approximate surface area is 106 Å². The predicted octanol–water partition coefficient (Wildman–Crippen LogP) is 3.19. The van der Waals surface area contributed by atoms with Gasteiger partial charge in [-0.25, -0.2) is 0 Å². The summed E-state index contributed by atoms with van der Waals surface area (Å²) in [6, 6.07) is 0.454. The number of aliphatic hydroxyl groups excluding tert-OH is 1. The minimum Gasteiger partial charge on any atom is -0.392 e. The molecule has 2 rings (SSSR count). The molecule has 0 bridgehead atoms. The first-order chi connectivity index (χ1) is 8.31. The first-order valence-corrected chi connectivity index (χ1v) is 7.73. The summed E-state index contributed by atoms with van der Waals surface area (Å²) in [7, 11) is 0. The topological polar surface area (TPSA) is 23.5 Å². The maximum absolute atomic E-state index is 10.1. The van der Waals surface area contributed by atoms with Gasteiger partial charge in [-0.2, -0.15) is 0 Å². The summed E-state index contributed by atoms with van der Waals surface area (Å²) in [5.41, 5.74) is 0. The Bertz CT molecular complexity index is 213. The van der Waals surface area contributed by atoms with E-state index in [0.717, 1.165) is 12.3 Å². The van der Waals surface area contributed by atoms with Gasteiger partial charge in [0.2, 0.25) is 0 Å². The lowest BCUT2D eigenvalue weighted by molar-refractivity contribution is 0.0127. The van der Waals surface area contributed by atoms with Gasteiger partial charge in [-0.15, -0.1) is 0 Å². The number of rotatable bonds is 4. The van der Waals surface area contributed by atoms with Crippen molar-refractivity contribution in [3.63, 3.8) is 0 Å². The fraction of sp³-hybridized carbons (Fsp3) is 1.00. The second-order valence-corrected chi connectivity index (χ2v) is 6.04. The monoisotopic (exact) mass is 239 g/mol. The molecule has 2 aliphatic rings. The van der Waals surface area contributed by atoms with Crippen LogP contribution in [-0.2, 0) is 0 Å². The van der Waals surface area contributed by atoms with Gasteiger partial charge in [0, 0.05) is 12.6 Å². The predicted molar refractivity (Wildman–Crippen MR) is 72.1 cm³/mol. The lowest BCUT2D eigenvalue weighted by atomic mass is 9.87.